The molecule has 1 fully saturated rings. The van der Waals surface area contributed by atoms with E-state index < -0.39 is 42.3 Å². The minimum atomic E-state index is -2.32. The Labute approximate surface area is 289 Å². The second-order valence-electron chi connectivity index (χ2n) is 13.1. The van der Waals surface area contributed by atoms with Gasteiger partial charge in [-0.2, -0.15) is 0 Å². The molecule has 0 aliphatic carbocycles. The van der Waals surface area contributed by atoms with E-state index in [1.807, 2.05) is 12.1 Å². The van der Waals surface area contributed by atoms with Gasteiger partial charge in [0, 0.05) is 23.7 Å². The summed E-state index contributed by atoms with van der Waals surface area (Å²) in [4.78, 5) is 12.3. The summed E-state index contributed by atoms with van der Waals surface area (Å²) < 4.78 is 36.5. The number of phenolic OH excluding ortho intramolecular Hbond substituents is 1. The van der Waals surface area contributed by atoms with E-state index in [9.17, 15) is 30.3 Å². The molecule has 14 heteroatoms. The van der Waals surface area contributed by atoms with E-state index >= 15 is 0 Å². The third-order valence-electron chi connectivity index (χ3n) is 9.33. The number of hydrogen-bond donors (Lipinski definition) is 7. The van der Waals surface area contributed by atoms with E-state index in [-0.39, 0.29) is 30.6 Å². The molecule has 0 spiro atoms. The van der Waals surface area contributed by atoms with Gasteiger partial charge in [0.05, 0.1) is 19.6 Å². The Morgan fingerprint density at radius 1 is 1.10 bits per heavy atom. The highest BCUT2D eigenvalue weighted by Crippen LogP contribution is 2.58. The van der Waals surface area contributed by atoms with Crippen LogP contribution in [0.4, 0.5) is 0 Å². The van der Waals surface area contributed by atoms with Gasteiger partial charge in [-0.25, -0.2) is 4.79 Å². The lowest BCUT2D eigenvalue weighted by atomic mass is 9.85. The molecule has 50 heavy (non-hydrogen) atoms. The quantitative estimate of drug-likeness (QED) is 0.102. The Morgan fingerprint density at radius 3 is 2.60 bits per heavy atom. The molecule has 0 unspecified atom stereocenters. The molecule has 1 saturated heterocycles. The summed E-state index contributed by atoms with van der Waals surface area (Å²) in [7, 11) is 3.02. The van der Waals surface area contributed by atoms with Crippen molar-refractivity contribution in [2.75, 3.05) is 40.6 Å². The zero-order valence-electron chi connectivity index (χ0n) is 28.3. The maximum Gasteiger partial charge on any atom is 0.340 e. The minimum absolute atomic E-state index is 0.0124. The molecule has 3 aliphatic rings. The number of carboxylic acids is 1. The fraction of sp³-hybridized carbons (Fsp3) is 0.472. The zero-order valence-corrected chi connectivity index (χ0v) is 28.3. The number of rotatable bonds is 13. The lowest BCUT2D eigenvalue weighted by Crippen LogP contribution is -2.71. The lowest BCUT2D eigenvalue weighted by molar-refractivity contribution is -0.305. The monoisotopic (exact) mass is 696 g/mol. The van der Waals surface area contributed by atoms with Crippen molar-refractivity contribution in [3.8, 4) is 45.6 Å². The summed E-state index contributed by atoms with van der Waals surface area (Å²) in [5, 5.41) is 58.5. The third kappa shape index (κ3) is 6.50. The van der Waals surface area contributed by atoms with Crippen molar-refractivity contribution in [1.82, 2.24) is 10.6 Å². The van der Waals surface area contributed by atoms with Crippen molar-refractivity contribution in [2.24, 2.45) is 5.92 Å². The van der Waals surface area contributed by atoms with E-state index in [1.54, 1.807) is 37.4 Å². The molecule has 14 nitrogen and oxygen atoms in total. The van der Waals surface area contributed by atoms with E-state index in [0.29, 0.717) is 52.3 Å². The molecule has 270 valence electrons. The Balaban J connectivity index is 1.35. The maximum absolute atomic E-state index is 12.3. The summed E-state index contributed by atoms with van der Waals surface area (Å²) in [6, 6.07) is 13.6. The van der Waals surface area contributed by atoms with Crippen molar-refractivity contribution in [1.29, 1.82) is 0 Å². The van der Waals surface area contributed by atoms with Crippen LogP contribution in [0, 0.1) is 5.92 Å². The molecule has 0 amide bonds. The van der Waals surface area contributed by atoms with Crippen molar-refractivity contribution in [3.63, 3.8) is 0 Å². The predicted molar refractivity (Wildman–Crippen MR) is 179 cm³/mol. The van der Waals surface area contributed by atoms with Gasteiger partial charge in [-0.05, 0) is 61.3 Å². The van der Waals surface area contributed by atoms with Gasteiger partial charge in [0.2, 0.25) is 17.6 Å². The summed E-state index contributed by atoms with van der Waals surface area (Å²) in [6.07, 6.45) is -6.88. The number of fused-ring (bicyclic) bond motifs is 5. The molecule has 3 heterocycles. The van der Waals surface area contributed by atoms with E-state index in [0.717, 1.165) is 18.5 Å². The molecule has 3 aromatic rings. The molecule has 3 aliphatic heterocycles. The fourth-order valence-electron chi connectivity index (χ4n) is 6.72. The van der Waals surface area contributed by atoms with E-state index in [1.165, 1.54) is 13.1 Å². The smallest absolute Gasteiger partial charge is 0.340 e. The number of aromatic hydroxyl groups is 1. The molecule has 0 radical (unpaired) electrons. The number of likely N-dealkylation sites (N-methyl/N-ethyl adjacent to an activating group) is 1. The van der Waals surface area contributed by atoms with Crippen LogP contribution < -0.4 is 34.3 Å². The average molecular weight is 697 g/mol. The Kier molecular flexibility index (Phi) is 10.3. The zero-order chi connectivity index (χ0) is 35.7. The molecule has 0 saturated carbocycles. The number of aliphatic carboxylic acids is 1. The van der Waals surface area contributed by atoms with Crippen molar-refractivity contribution < 1.29 is 58.7 Å². The second kappa shape index (κ2) is 14.5. The number of ether oxygens (including phenoxy) is 6. The Morgan fingerprint density at radius 2 is 1.90 bits per heavy atom. The summed E-state index contributed by atoms with van der Waals surface area (Å²) in [6.45, 7) is 5.27. The second-order valence-corrected chi connectivity index (χ2v) is 13.1. The van der Waals surface area contributed by atoms with Gasteiger partial charge in [0.15, 0.2) is 11.5 Å². The Bertz CT molecular complexity index is 1700. The van der Waals surface area contributed by atoms with E-state index in [2.05, 4.69) is 24.5 Å². The van der Waals surface area contributed by atoms with Gasteiger partial charge >= 0.3 is 5.97 Å². The fourth-order valence-corrected chi connectivity index (χ4v) is 6.72. The highest BCUT2D eigenvalue weighted by Gasteiger charge is 2.59. The number of benzene rings is 3. The van der Waals surface area contributed by atoms with Gasteiger partial charge < -0.3 is 59.3 Å². The van der Waals surface area contributed by atoms with Gasteiger partial charge in [0.25, 0.3) is 0 Å². The highest BCUT2D eigenvalue weighted by atomic mass is 16.7. The topological polar surface area (TPSA) is 198 Å². The maximum atomic E-state index is 12.3. The van der Waals surface area contributed by atoms with Crippen LogP contribution in [0.5, 0.6) is 34.5 Å². The van der Waals surface area contributed by atoms with Crippen LogP contribution in [0.15, 0.2) is 48.5 Å². The van der Waals surface area contributed by atoms with Crippen molar-refractivity contribution in [3.05, 3.63) is 59.7 Å². The molecular weight excluding hydrogens is 652 g/mol. The van der Waals surface area contributed by atoms with Gasteiger partial charge in [-0.3, -0.25) is 5.32 Å². The molecule has 3 aromatic carbocycles. The number of aliphatic hydroxyl groups is 3. The molecule has 7 N–H and O–H groups in total. The largest absolute Gasteiger partial charge is 0.508 e. The molecule has 6 rings (SSSR count). The molecule has 0 aromatic heterocycles. The summed E-state index contributed by atoms with van der Waals surface area (Å²) >= 11 is 0. The number of hydrogen-bond acceptors (Lipinski definition) is 13. The number of phenols is 1. The molecular formula is C36H44N2O12. The van der Waals surface area contributed by atoms with Crippen LogP contribution >= 0.6 is 0 Å². The van der Waals surface area contributed by atoms with Crippen LogP contribution in [0.25, 0.3) is 11.1 Å². The minimum Gasteiger partial charge on any atom is -0.508 e. The average Bonchev–Trinajstić information content (AvgIpc) is 3.47. The van der Waals surface area contributed by atoms with Gasteiger partial charge in [0.1, 0.15) is 48.4 Å². The van der Waals surface area contributed by atoms with Crippen LogP contribution in [-0.4, -0.2) is 102 Å². The van der Waals surface area contributed by atoms with Crippen molar-refractivity contribution >= 4 is 5.97 Å². The SMILES string of the molecule is CNC[C@]1(C(=O)O)O[C@@H](Oc2cc3c(c(-c4cccc(O)c4)c2)[C@@H]2Oc4c(ccc(OCNCCC(C)C)c4OC)[C@@H]2CO3)[C@H](O)[C@@H](O)[C@@H]1O. The third-order valence-corrected chi connectivity index (χ3v) is 9.33. The number of methoxy groups -OCH3 is 1. The van der Waals surface area contributed by atoms with E-state index in [4.69, 9.17) is 28.4 Å². The predicted octanol–water partition coefficient (Wildman–Crippen LogP) is 2.51. The number of carbonyl (C=O) groups is 1. The lowest BCUT2D eigenvalue weighted by Gasteiger charge is -2.45. The normalized spacial score (nSPS) is 26.6. The number of nitrogens with one attached hydrogen (secondary N) is 2. The van der Waals surface area contributed by atoms with Gasteiger partial charge in [-0.15, -0.1) is 0 Å². The first-order valence-corrected chi connectivity index (χ1v) is 16.6. The van der Waals surface area contributed by atoms with Crippen LogP contribution in [0.3, 0.4) is 0 Å². The van der Waals surface area contributed by atoms with Crippen LogP contribution in [-0.2, 0) is 9.53 Å². The first kappa shape index (κ1) is 35.5. The van der Waals surface area contributed by atoms with Crippen molar-refractivity contribution in [2.45, 2.75) is 62.5 Å². The Hall–Kier alpha value is -4.31. The van der Waals surface area contributed by atoms with Gasteiger partial charge in [-0.1, -0.05) is 32.0 Å². The number of aliphatic hydroxyl groups excluding tert-OH is 3. The number of carboxylic acid groups (broad SMARTS) is 1. The molecule has 0 bridgehead atoms. The standard InChI is InChI=1S/C36H44N2O12/c1-18(2)10-11-38-17-47-25-9-8-22-24-15-46-26-14-21(48-34-29(41)28(40)33(42)36(50-34,16-37-3)35(43)44)13-23(19-6-5-7-20(39)12-19)27(26)30(24)49-31(22)32(25)45-4/h5-9,12-14,18,24,28-30,33-34,37-42H,10-11,15-17H2,1-4H3,(H,43,44)/t24-,28+,29+,30+,33-,34+,36-/m0/s1. The van der Waals surface area contributed by atoms with Crippen LogP contribution in [0.2, 0.25) is 0 Å². The summed E-state index contributed by atoms with van der Waals surface area (Å²) in [5.41, 5.74) is 0.367. The first-order valence-electron chi connectivity index (χ1n) is 16.6. The summed E-state index contributed by atoms with van der Waals surface area (Å²) in [5.74, 6) is 0.787. The highest BCUT2D eigenvalue weighted by molar-refractivity contribution is 5.79. The van der Waals surface area contributed by atoms with Crippen LogP contribution in [0.1, 0.15) is 43.4 Å². The first-order chi connectivity index (χ1) is 24.0. The molecule has 7 atom stereocenters.